The molecule has 1 aliphatic rings. The minimum atomic E-state index is -0.0705. The van der Waals surface area contributed by atoms with E-state index in [9.17, 15) is 9.90 Å². The Bertz CT molecular complexity index is 984. The number of aromatic nitrogens is 4. The van der Waals surface area contributed by atoms with Gasteiger partial charge in [-0.1, -0.05) is 13.0 Å². The summed E-state index contributed by atoms with van der Waals surface area (Å²) < 4.78 is 1.36. The third kappa shape index (κ3) is 2.23. The molecule has 0 saturated carbocycles. The van der Waals surface area contributed by atoms with Gasteiger partial charge in [-0.05, 0) is 19.1 Å². The molecule has 0 aliphatic carbocycles. The Balaban J connectivity index is 1.77. The van der Waals surface area contributed by atoms with E-state index in [4.69, 9.17) is 0 Å². The SMILES string of the molecule is Cc1cnn(-c2nc3cc(C4=NNC(=O)CC4C)ccc3[nH]2)c1O. The molecule has 1 aliphatic heterocycles. The fraction of sp³-hybridized carbons (Fsp3) is 0.250. The van der Waals surface area contributed by atoms with Crippen LogP contribution in [0.25, 0.3) is 17.0 Å². The molecule has 2 aromatic heterocycles. The van der Waals surface area contributed by atoms with Gasteiger partial charge in [-0.25, -0.2) is 10.4 Å². The number of imidazole rings is 1. The van der Waals surface area contributed by atoms with Crippen LogP contribution in [0.2, 0.25) is 0 Å². The molecule has 8 heteroatoms. The van der Waals surface area contributed by atoms with Crippen LogP contribution in [0, 0.1) is 12.8 Å². The van der Waals surface area contributed by atoms with E-state index in [0.29, 0.717) is 17.9 Å². The Morgan fingerprint density at radius 3 is 2.92 bits per heavy atom. The fourth-order valence-corrected chi connectivity index (χ4v) is 2.83. The van der Waals surface area contributed by atoms with Crippen LogP contribution in [-0.4, -0.2) is 36.5 Å². The first-order chi connectivity index (χ1) is 11.5. The second-order valence-electron chi connectivity index (χ2n) is 5.99. The number of amides is 1. The molecule has 4 rings (SSSR count). The number of benzene rings is 1. The van der Waals surface area contributed by atoms with Crippen LogP contribution in [0.5, 0.6) is 5.88 Å². The molecule has 1 aromatic carbocycles. The second-order valence-corrected chi connectivity index (χ2v) is 5.99. The highest BCUT2D eigenvalue weighted by Gasteiger charge is 2.22. The van der Waals surface area contributed by atoms with Crippen LogP contribution in [0.1, 0.15) is 24.5 Å². The number of carbonyl (C=O) groups excluding carboxylic acids is 1. The van der Waals surface area contributed by atoms with Crippen LogP contribution in [0.4, 0.5) is 0 Å². The number of hydrazone groups is 1. The number of H-pyrrole nitrogens is 1. The van der Waals surface area contributed by atoms with Gasteiger partial charge in [0.1, 0.15) is 0 Å². The average Bonchev–Trinajstić information content (AvgIpc) is 3.10. The van der Waals surface area contributed by atoms with Crippen LogP contribution in [-0.2, 0) is 4.79 Å². The molecule has 122 valence electrons. The van der Waals surface area contributed by atoms with Crippen molar-refractivity contribution in [3.05, 3.63) is 35.5 Å². The zero-order chi connectivity index (χ0) is 16.8. The van der Waals surface area contributed by atoms with Gasteiger partial charge < -0.3 is 10.1 Å². The van der Waals surface area contributed by atoms with Gasteiger partial charge in [0.15, 0.2) is 0 Å². The first kappa shape index (κ1) is 14.4. The minimum absolute atomic E-state index is 0.0485. The molecule has 1 unspecified atom stereocenters. The van der Waals surface area contributed by atoms with Crippen LogP contribution >= 0.6 is 0 Å². The number of aromatic hydroxyl groups is 1. The van der Waals surface area contributed by atoms with Crippen molar-refractivity contribution < 1.29 is 9.90 Å². The summed E-state index contributed by atoms with van der Waals surface area (Å²) in [6, 6.07) is 5.75. The lowest BCUT2D eigenvalue weighted by Crippen LogP contribution is -2.31. The maximum atomic E-state index is 11.4. The molecule has 0 radical (unpaired) electrons. The number of nitrogens with one attached hydrogen (secondary N) is 2. The van der Waals surface area contributed by atoms with Crippen LogP contribution in [0.3, 0.4) is 0 Å². The Kier molecular flexibility index (Phi) is 3.12. The van der Waals surface area contributed by atoms with E-state index < -0.39 is 0 Å². The Labute approximate surface area is 137 Å². The predicted molar refractivity (Wildman–Crippen MR) is 88.1 cm³/mol. The number of hydrogen-bond acceptors (Lipinski definition) is 5. The number of aromatic amines is 1. The lowest BCUT2D eigenvalue weighted by Gasteiger charge is -2.18. The van der Waals surface area contributed by atoms with E-state index in [2.05, 4.69) is 25.6 Å². The zero-order valence-electron chi connectivity index (χ0n) is 13.2. The fourth-order valence-electron chi connectivity index (χ4n) is 2.83. The van der Waals surface area contributed by atoms with Crippen molar-refractivity contribution in [3.8, 4) is 11.8 Å². The summed E-state index contributed by atoms with van der Waals surface area (Å²) in [4.78, 5) is 19.0. The highest BCUT2D eigenvalue weighted by atomic mass is 16.3. The number of fused-ring (bicyclic) bond motifs is 1. The highest BCUT2D eigenvalue weighted by Crippen LogP contribution is 2.23. The van der Waals surface area contributed by atoms with Gasteiger partial charge in [-0.2, -0.15) is 14.9 Å². The molecule has 0 spiro atoms. The normalized spacial score (nSPS) is 17.8. The summed E-state index contributed by atoms with van der Waals surface area (Å²) in [7, 11) is 0. The monoisotopic (exact) mass is 324 g/mol. The molecule has 1 amide bonds. The van der Waals surface area contributed by atoms with E-state index in [1.165, 1.54) is 4.68 Å². The second kappa shape index (κ2) is 5.19. The number of nitrogens with zero attached hydrogens (tertiary/aromatic N) is 4. The Morgan fingerprint density at radius 1 is 1.38 bits per heavy atom. The Hall–Kier alpha value is -3.16. The topological polar surface area (TPSA) is 108 Å². The van der Waals surface area contributed by atoms with Gasteiger partial charge in [0.25, 0.3) is 0 Å². The zero-order valence-corrected chi connectivity index (χ0v) is 13.2. The molecule has 3 aromatic rings. The number of aryl methyl sites for hydroxylation is 1. The van der Waals surface area contributed by atoms with Gasteiger partial charge in [0, 0.05) is 23.5 Å². The van der Waals surface area contributed by atoms with Crippen LogP contribution < -0.4 is 5.43 Å². The summed E-state index contributed by atoms with van der Waals surface area (Å²) in [5.74, 6) is 0.480. The maximum absolute atomic E-state index is 11.4. The van der Waals surface area contributed by atoms with Crippen LogP contribution in [0.15, 0.2) is 29.5 Å². The third-order valence-electron chi connectivity index (χ3n) is 4.15. The average molecular weight is 324 g/mol. The van der Waals surface area contributed by atoms with Gasteiger partial charge in [-0.3, -0.25) is 4.79 Å². The molecule has 3 heterocycles. The van der Waals surface area contributed by atoms with Crippen molar-refractivity contribution in [1.29, 1.82) is 0 Å². The van der Waals surface area contributed by atoms with E-state index in [-0.39, 0.29) is 17.7 Å². The van der Waals surface area contributed by atoms with Crippen molar-refractivity contribution >= 4 is 22.7 Å². The standard InChI is InChI=1S/C16H16N6O2/c1-8-5-13(23)20-21-14(8)10-3-4-11-12(6-10)19-16(18-11)22-15(24)9(2)7-17-22/h3-4,6-8,24H,5H2,1-2H3,(H,18,19)(H,20,23). The molecule has 0 saturated heterocycles. The molecular weight excluding hydrogens is 308 g/mol. The first-order valence-corrected chi connectivity index (χ1v) is 7.63. The smallest absolute Gasteiger partial charge is 0.240 e. The summed E-state index contributed by atoms with van der Waals surface area (Å²) in [6.07, 6.45) is 2.00. The highest BCUT2D eigenvalue weighted by molar-refractivity contribution is 6.07. The number of carbonyl (C=O) groups is 1. The summed E-state index contributed by atoms with van der Waals surface area (Å²) in [5, 5.41) is 18.3. The molecule has 8 nitrogen and oxygen atoms in total. The van der Waals surface area contributed by atoms with E-state index in [1.807, 2.05) is 25.1 Å². The molecule has 1 atom stereocenters. The molecule has 3 N–H and O–H groups in total. The van der Waals surface area contributed by atoms with E-state index in [1.54, 1.807) is 13.1 Å². The summed E-state index contributed by atoms with van der Waals surface area (Å²) in [5.41, 5.74) is 6.51. The molecule has 0 fully saturated rings. The first-order valence-electron chi connectivity index (χ1n) is 7.63. The van der Waals surface area contributed by atoms with Crippen molar-refractivity contribution in [3.63, 3.8) is 0 Å². The number of rotatable bonds is 2. The van der Waals surface area contributed by atoms with Crippen molar-refractivity contribution in [1.82, 2.24) is 25.2 Å². The van der Waals surface area contributed by atoms with Gasteiger partial charge in [0.2, 0.25) is 17.7 Å². The minimum Gasteiger partial charge on any atom is -0.493 e. The van der Waals surface area contributed by atoms with Crippen molar-refractivity contribution in [2.75, 3.05) is 0 Å². The lowest BCUT2D eigenvalue weighted by molar-refractivity contribution is -0.121. The maximum Gasteiger partial charge on any atom is 0.240 e. The van der Waals surface area contributed by atoms with Crippen molar-refractivity contribution in [2.24, 2.45) is 11.0 Å². The van der Waals surface area contributed by atoms with E-state index >= 15 is 0 Å². The third-order valence-corrected chi connectivity index (χ3v) is 4.15. The molecular formula is C16H16N6O2. The van der Waals surface area contributed by atoms with Gasteiger partial charge in [-0.15, -0.1) is 0 Å². The Morgan fingerprint density at radius 2 is 2.21 bits per heavy atom. The van der Waals surface area contributed by atoms with E-state index in [0.717, 1.165) is 22.3 Å². The van der Waals surface area contributed by atoms with Crippen molar-refractivity contribution in [2.45, 2.75) is 20.3 Å². The van der Waals surface area contributed by atoms with Gasteiger partial charge >= 0.3 is 0 Å². The quantitative estimate of drug-likeness (QED) is 0.665. The number of hydrogen-bond donors (Lipinski definition) is 3. The summed E-state index contributed by atoms with van der Waals surface area (Å²) in [6.45, 7) is 3.75. The summed E-state index contributed by atoms with van der Waals surface area (Å²) >= 11 is 0. The molecule has 0 bridgehead atoms. The predicted octanol–water partition coefficient (Wildman–Crippen LogP) is 1.62. The lowest BCUT2D eigenvalue weighted by atomic mass is 9.94. The van der Waals surface area contributed by atoms with Gasteiger partial charge in [0.05, 0.1) is 22.9 Å². The molecule has 24 heavy (non-hydrogen) atoms. The largest absolute Gasteiger partial charge is 0.493 e.